The van der Waals surface area contributed by atoms with Crippen molar-refractivity contribution >= 4 is 5.69 Å². The zero-order chi connectivity index (χ0) is 14.7. The van der Waals surface area contributed by atoms with Crippen LogP contribution in [0.1, 0.15) is 17.0 Å². The highest BCUT2D eigenvalue weighted by atomic mass is 16.6. The summed E-state index contributed by atoms with van der Waals surface area (Å²) in [6.07, 6.45) is 0. The summed E-state index contributed by atoms with van der Waals surface area (Å²) in [6, 6.07) is 7.88. The van der Waals surface area contributed by atoms with E-state index in [0.29, 0.717) is 11.3 Å². The molecule has 100 valence electrons. The van der Waals surface area contributed by atoms with Crippen LogP contribution in [0.3, 0.4) is 0 Å². The number of rotatable bonds is 3. The van der Waals surface area contributed by atoms with E-state index in [9.17, 15) is 10.1 Å². The standard InChI is InChI=1S/C13H10N4O3/c1-8-4-3-5-11(17(18)19)12(8)20-13-15-9(2)6-10(7-14)16-13/h3-6H,1-2H3. The molecule has 2 aromatic rings. The Kier molecular flexibility index (Phi) is 3.57. The molecular formula is C13H10N4O3. The Morgan fingerprint density at radius 3 is 2.75 bits per heavy atom. The van der Waals surface area contributed by atoms with Crippen LogP contribution in [-0.2, 0) is 0 Å². The van der Waals surface area contributed by atoms with Crippen LogP contribution in [0.4, 0.5) is 5.69 Å². The Hall–Kier alpha value is -3.01. The monoisotopic (exact) mass is 270 g/mol. The second kappa shape index (κ2) is 5.32. The summed E-state index contributed by atoms with van der Waals surface area (Å²) in [5.41, 5.74) is 1.10. The van der Waals surface area contributed by atoms with Gasteiger partial charge in [0.05, 0.1) is 4.92 Å². The molecule has 0 aliphatic carbocycles. The fourth-order valence-corrected chi connectivity index (χ4v) is 1.65. The highest BCUT2D eigenvalue weighted by molar-refractivity contribution is 5.52. The van der Waals surface area contributed by atoms with Gasteiger partial charge >= 0.3 is 11.7 Å². The number of hydrogen-bond donors (Lipinski definition) is 0. The fraction of sp³-hybridized carbons (Fsp3) is 0.154. The molecule has 7 nitrogen and oxygen atoms in total. The maximum atomic E-state index is 11.0. The lowest BCUT2D eigenvalue weighted by atomic mass is 10.2. The van der Waals surface area contributed by atoms with Gasteiger partial charge in [-0.2, -0.15) is 10.2 Å². The van der Waals surface area contributed by atoms with Crippen LogP contribution in [0.25, 0.3) is 0 Å². The third kappa shape index (κ3) is 2.70. The van der Waals surface area contributed by atoms with Gasteiger partial charge in [-0.15, -0.1) is 0 Å². The summed E-state index contributed by atoms with van der Waals surface area (Å²) >= 11 is 0. The molecule has 1 aromatic carbocycles. The van der Waals surface area contributed by atoms with Crippen molar-refractivity contribution in [2.75, 3.05) is 0 Å². The fourth-order valence-electron chi connectivity index (χ4n) is 1.65. The first kappa shape index (κ1) is 13.4. The van der Waals surface area contributed by atoms with Crippen molar-refractivity contribution in [3.8, 4) is 17.8 Å². The van der Waals surface area contributed by atoms with Gasteiger partial charge in [0, 0.05) is 11.8 Å². The second-order valence-corrected chi connectivity index (χ2v) is 4.07. The summed E-state index contributed by atoms with van der Waals surface area (Å²) in [5, 5.41) is 19.8. The second-order valence-electron chi connectivity index (χ2n) is 4.07. The third-order valence-corrected chi connectivity index (χ3v) is 2.53. The molecule has 0 bridgehead atoms. The predicted octanol–water partition coefficient (Wildman–Crippen LogP) is 2.67. The van der Waals surface area contributed by atoms with E-state index in [-0.39, 0.29) is 23.1 Å². The van der Waals surface area contributed by atoms with Gasteiger partial charge in [-0.05, 0) is 25.5 Å². The zero-order valence-corrected chi connectivity index (χ0v) is 10.8. The number of nitriles is 1. The predicted molar refractivity (Wildman–Crippen MR) is 69.4 cm³/mol. The Balaban J connectivity index is 2.48. The summed E-state index contributed by atoms with van der Waals surface area (Å²) in [7, 11) is 0. The molecule has 0 fully saturated rings. The molecule has 1 heterocycles. The van der Waals surface area contributed by atoms with Crippen molar-refractivity contribution in [3.63, 3.8) is 0 Å². The highest BCUT2D eigenvalue weighted by Crippen LogP contribution is 2.33. The van der Waals surface area contributed by atoms with Crippen molar-refractivity contribution in [1.82, 2.24) is 9.97 Å². The number of para-hydroxylation sites is 1. The van der Waals surface area contributed by atoms with Crippen LogP contribution in [0.2, 0.25) is 0 Å². The topological polar surface area (TPSA) is 102 Å². The summed E-state index contributed by atoms with van der Waals surface area (Å²) < 4.78 is 5.41. The van der Waals surface area contributed by atoms with Crippen LogP contribution < -0.4 is 4.74 Å². The van der Waals surface area contributed by atoms with Gasteiger partial charge in [0.1, 0.15) is 11.8 Å². The Morgan fingerprint density at radius 1 is 1.35 bits per heavy atom. The van der Waals surface area contributed by atoms with E-state index in [0.717, 1.165) is 0 Å². The third-order valence-electron chi connectivity index (χ3n) is 2.53. The van der Waals surface area contributed by atoms with E-state index in [4.69, 9.17) is 10.00 Å². The molecule has 0 aliphatic heterocycles. The molecule has 0 amide bonds. The van der Waals surface area contributed by atoms with Gasteiger partial charge < -0.3 is 4.74 Å². The van der Waals surface area contributed by atoms with E-state index in [1.807, 2.05) is 6.07 Å². The first-order valence-electron chi connectivity index (χ1n) is 5.69. The van der Waals surface area contributed by atoms with E-state index in [1.165, 1.54) is 12.1 Å². The first-order valence-corrected chi connectivity index (χ1v) is 5.69. The zero-order valence-electron chi connectivity index (χ0n) is 10.8. The molecule has 20 heavy (non-hydrogen) atoms. The highest BCUT2D eigenvalue weighted by Gasteiger charge is 2.19. The van der Waals surface area contributed by atoms with Crippen molar-refractivity contribution in [2.24, 2.45) is 0 Å². The number of nitrogens with zero attached hydrogens (tertiary/aromatic N) is 4. The molecule has 0 atom stereocenters. The van der Waals surface area contributed by atoms with Gasteiger partial charge in [0.2, 0.25) is 5.75 Å². The van der Waals surface area contributed by atoms with E-state index >= 15 is 0 Å². The maximum Gasteiger partial charge on any atom is 0.323 e. The lowest BCUT2D eigenvalue weighted by molar-refractivity contribution is -0.385. The van der Waals surface area contributed by atoms with E-state index in [1.54, 1.807) is 26.0 Å². The van der Waals surface area contributed by atoms with Crippen LogP contribution in [0.15, 0.2) is 24.3 Å². The average Bonchev–Trinajstić information content (AvgIpc) is 2.40. The van der Waals surface area contributed by atoms with Crippen molar-refractivity contribution in [1.29, 1.82) is 5.26 Å². The van der Waals surface area contributed by atoms with E-state index in [2.05, 4.69) is 9.97 Å². The minimum absolute atomic E-state index is 0.0759. The van der Waals surface area contributed by atoms with Gasteiger partial charge in [0.15, 0.2) is 0 Å². The number of benzene rings is 1. The number of aryl methyl sites for hydroxylation is 2. The Morgan fingerprint density at radius 2 is 2.10 bits per heavy atom. The minimum atomic E-state index is -0.538. The van der Waals surface area contributed by atoms with Crippen LogP contribution in [0.5, 0.6) is 11.8 Å². The van der Waals surface area contributed by atoms with Crippen molar-refractivity contribution in [3.05, 3.63) is 51.3 Å². The summed E-state index contributed by atoms with van der Waals surface area (Å²) in [5.74, 6) is 0.0759. The lowest BCUT2D eigenvalue weighted by Gasteiger charge is -2.07. The van der Waals surface area contributed by atoms with Gasteiger partial charge in [-0.1, -0.05) is 12.1 Å². The van der Waals surface area contributed by atoms with Crippen LogP contribution in [0, 0.1) is 35.3 Å². The number of ether oxygens (including phenoxy) is 1. The van der Waals surface area contributed by atoms with Crippen LogP contribution >= 0.6 is 0 Å². The van der Waals surface area contributed by atoms with Gasteiger partial charge in [-0.3, -0.25) is 10.1 Å². The molecule has 2 rings (SSSR count). The van der Waals surface area contributed by atoms with E-state index < -0.39 is 4.92 Å². The van der Waals surface area contributed by atoms with Gasteiger partial charge in [-0.25, -0.2) is 4.98 Å². The molecule has 0 aliphatic rings. The average molecular weight is 270 g/mol. The number of nitro benzene ring substituents is 1. The molecular weight excluding hydrogens is 260 g/mol. The number of nitro groups is 1. The molecule has 0 saturated carbocycles. The van der Waals surface area contributed by atoms with Crippen LogP contribution in [-0.4, -0.2) is 14.9 Å². The SMILES string of the molecule is Cc1cc(C#N)nc(Oc2c(C)cccc2[N+](=O)[O-])n1. The number of hydrogen-bond acceptors (Lipinski definition) is 6. The largest absolute Gasteiger partial charge is 0.417 e. The molecule has 7 heteroatoms. The van der Waals surface area contributed by atoms with Crippen molar-refractivity contribution < 1.29 is 9.66 Å². The first-order chi connectivity index (χ1) is 9.51. The number of aromatic nitrogens is 2. The maximum absolute atomic E-state index is 11.0. The molecule has 0 spiro atoms. The minimum Gasteiger partial charge on any atom is -0.417 e. The Bertz CT molecular complexity index is 722. The smallest absolute Gasteiger partial charge is 0.323 e. The van der Waals surface area contributed by atoms with Gasteiger partial charge in [0.25, 0.3) is 0 Å². The molecule has 0 N–H and O–H groups in total. The molecule has 1 aromatic heterocycles. The summed E-state index contributed by atoms with van der Waals surface area (Å²) in [4.78, 5) is 18.3. The Labute approximate surface area is 114 Å². The normalized spacial score (nSPS) is 9.85. The molecule has 0 unspecified atom stereocenters. The molecule has 0 radical (unpaired) electrons. The summed E-state index contributed by atoms with van der Waals surface area (Å²) in [6.45, 7) is 3.37. The van der Waals surface area contributed by atoms with Crippen molar-refractivity contribution in [2.45, 2.75) is 13.8 Å². The lowest BCUT2D eigenvalue weighted by Crippen LogP contribution is -2.00. The quantitative estimate of drug-likeness (QED) is 0.627. The molecule has 0 saturated heterocycles.